The van der Waals surface area contributed by atoms with E-state index in [-0.39, 0.29) is 6.04 Å². The molecule has 2 N–H and O–H groups in total. The van der Waals surface area contributed by atoms with Crippen LogP contribution in [0.15, 0.2) is 65.6 Å². The van der Waals surface area contributed by atoms with Crippen molar-refractivity contribution in [1.29, 1.82) is 0 Å². The summed E-state index contributed by atoms with van der Waals surface area (Å²) in [5.74, 6) is 0.718. The Hall–Kier alpha value is -2.77. The van der Waals surface area contributed by atoms with E-state index >= 15 is 0 Å². The van der Waals surface area contributed by atoms with Crippen molar-refractivity contribution in [2.75, 3.05) is 11.9 Å². The standard InChI is InChI=1S/C24H28N4O2S/c1-18-6-10-20(11-7-18)23-14-15-24(27-26-23)25-17-16-19-8-12-22(13-9-19)31(29,30)28-21-4-2-3-5-21/h6-15,21,28H,2-5,16-17H2,1H3,(H,25,27). The highest BCUT2D eigenvalue weighted by molar-refractivity contribution is 7.89. The molecule has 31 heavy (non-hydrogen) atoms. The van der Waals surface area contributed by atoms with Gasteiger partial charge in [0.1, 0.15) is 5.82 Å². The quantitative estimate of drug-likeness (QED) is 0.549. The monoisotopic (exact) mass is 436 g/mol. The second-order valence-corrected chi connectivity index (χ2v) is 9.81. The van der Waals surface area contributed by atoms with Gasteiger partial charge in [-0.25, -0.2) is 13.1 Å². The predicted octanol–water partition coefficient (Wildman–Crippen LogP) is 4.33. The lowest BCUT2D eigenvalue weighted by Crippen LogP contribution is -2.32. The van der Waals surface area contributed by atoms with Gasteiger partial charge in [0.2, 0.25) is 10.0 Å². The molecule has 1 aliphatic rings. The lowest BCUT2D eigenvalue weighted by molar-refractivity contribution is 0.552. The molecule has 0 atom stereocenters. The Morgan fingerprint density at radius 1 is 0.903 bits per heavy atom. The molecule has 0 aliphatic heterocycles. The van der Waals surface area contributed by atoms with Crippen LogP contribution in [-0.2, 0) is 16.4 Å². The minimum Gasteiger partial charge on any atom is -0.368 e. The van der Waals surface area contributed by atoms with Gasteiger partial charge in [-0.15, -0.1) is 10.2 Å². The molecule has 4 rings (SSSR count). The molecule has 2 aromatic carbocycles. The number of hydrogen-bond donors (Lipinski definition) is 2. The zero-order valence-electron chi connectivity index (χ0n) is 17.7. The summed E-state index contributed by atoms with van der Waals surface area (Å²) >= 11 is 0. The number of hydrogen-bond acceptors (Lipinski definition) is 5. The van der Waals surface area contributed by atoms with Crippen molar-refractivity contribution in [2.24, 2.45) is 0 Å². The van der Waals surface area contributed by atoms with E-state index in [9.17, 15) is 8.42 Å². The summed E-state index contributed by atoms with van der Waals surface area (Å²) in [4.78, 5) is 0.327. The topological polar surface area (TPSA) is 84.0 Å². The predicted molar refractivity (Wildman–Crippen MR) is 123 cm³/mol. The van der Waals surface area contributed by atoms with E-state index < -0.39 is 10.0 Å². The molecule has 3 aromatic rings. The fourth-order valence-electron chi connectivity index (χ4n) is 3.81. The Bertz CT molecular complexity index is 1090. The summed E-state index contributed by atoms with van der Waals surface area (Å²) in [5.41, 5.74) is 4.16. The molecule has 1 aliphatic carbocycles. The van der Waals surface area contributed by atoms with Crippen LogP contribution in [-0.4, -0.2) is 31.2 Å². The minimum atomic E-state index is -3.44. The molecule has 0 unspecified atom stereocenters. The Morgan fingerprint density at radius 2 is 1.61 bits per heavy atom. The maximum Gasteiger partial charge on any atom is 0.240 e. The van der Waals surface area contributed by atoms with Crippen LogP contribution in [0.4, 0.5) is 5.82 Å². The van der Waals surface area contributed by atoms with Gasteiger partial charge in [-0.2, -0.15) is 0 Å². The van der Waals surface area contributed by atoms with E-state index in [4.69, 9.17) is 0 Å². The van der Waals surface area contributed by atoms with Crippen LogP contribution in [0.3, 0.4) is 0 Å². The minimum absolute atomic E-state index is 0.0763. The van der Waals surface area contributed by atoms with Crippen molar-refractivity contribution < 1.29 is 8.42 Å². The molecule has 162 valence electrons. The van der Waals surface area contributed by atoms with E-state index in [1.807, 2.05) is 36.4 Å². The normalized spacial score (nSPS) is 14.6. The number of anilines is 1. The molecule has 0 saturated heterocycles. The van der Waals surface area contributed by atoms with E-state index in [0.29, 0.717) is 11.4 Å². The van der Waals surface area contributed by atoms with Crippen LogP contribution in [0.2, 0.25) is 0 Å². The Kier molecular flexibility index (Phi) is 6.63. The van der Waals surface area contributed by atoms with Gasteiger partial charge in [-0.05, 0) is 56.0 Å². The van der Waals surface area contributed by atoms with Crippen LogP contribution in [0.25, 0.3) is 11.3 Å². The van der Waals surface area contributed by atoms with Crippen molar-refractivity contribution in [3.63, 3.8) is 0 Å². The van der Waals surface area contributed by atoms with Crippen molar-refractivity contribution in [2.45, 2.75) is 50.0 Å². The number of aromatic nitrogens is 2. The van der Waals surface area contributed by atoms with Gasteiger partial charge in [0.05, 0.1) is 10.6 Å². The molecule has 1 aromatic heterocycles. The van der Waals surface area contributed by atoms with Crippen molar-refractivity contribution in [3.8, 4) is 11.3 Å². The van der Waals surface area contributed by atoms with Gasteiger partial charge in [0, 0.05) is 18.2 Å². The molecule has 0 radical (unpaired) electrons. The molecular formula is C24H28N4O2S. The number of nitrogens with zero attached hydrogens (tertiary/aromatic N) is 2. The van der Waals surface area contributed by atoms with Crippen LogP contribution in [0.1, 0.15) is 36.8 Å². The summed E-state index contributed by atoms with van der Waals surface area (Å²) in [6.45, 7) is 2.74. The third-order valence-electron chi connectivity index (χ3n) is 5.64. The third-order valence-corrected chi connectivity index (χ3v) is 7.18. The molecule has 0 amide bonds. The summed E-state index contributed by atoms with van der Waals surface area (Å²) in [5, 5.41) is 11.8. The van der Waals surface area contributed by atoms with E-state index in [0.717, 1.165) is 54.7 Å². The molecule has 0 bridgehead atoms. The van der Waals surface area contributed by atoms with Crippen LogP contribution in [0.5, 0.6) is 0 Å². The Balaban J connectivity index is 1.29. The summed E-state index contributed by atoms with van der Waals surface area (Å²) in [6, 6.07) is 19.3. The average Bonchev–Trinajstić information content (AvgIpc) is 3.28. The van der Waals surface area contributed by atoms with Gasteiger partial charge >= 0.3 is 0 Å². The van der Waals surface area contributed by atoms with Crippen molar-refractivity contribution >= 4 is 15.8 Å². The second kappa shape index (κ2) is 9.58. The average molecular weight is 437 g/mol. The maximum atomic E-state index is 12.5. The lowest BCUT2D eigenvalue weighted by atomic mass is 10.1. The fraction of sp³-hybridized carbons (Fsp3) is 0.333. The van der Waals surface area contributed by atoms with E-state index in [2.05, 4.69) is 39.3 Å². The Labute approximate surface area is 184 Å². The summed E-state index contributed by atoms with van der Waals surface area (Å²) in [7, 11) is -3.44. The van der Waals surface area contributed by atoms with E-state index in [1.54, 1.807) is 12.1 Å². The highest BCUT2D eigenvalue weighted by atomic mass is 32.2. The fourth-order valence-corrected chi connectivity index (χ4v) is 5.11. The zero-order chi connectivity index (χ0) is 21.7. The number of rotatable bonds is 8. The van der Waals surface area contributed by atoms with Crippen molar-refractivity contribution in [1.82, 2.24) is 14.9 Å². The zero-order valence-corrected chi connectivity index (χ0v) is 18.5. The van der Waals surface area contributed by atoms with Crippen LogP contribution in [0, 0.1) is 6.92 Å². The summed E-state index contributed by atoms with van der Waals surface area (Å²) < 4.78 is 27.8. The summed E-state index contributed by atoms with van der Waals surface area (Å²) in [6.07, 6.45) is 4.81. The molecule has 1 heterocycles. The highest BCUT2D eigenvalue weighted by Gasteiger charge is 2.22. The van der Waals surface area contributed by atoms with Gasteiger partial charge in [-0.3, -0.25) is 0 Å². The second-order valence-electron chi connectivity index (χ2n) is 8.09. The maximum absolute atomic E-state index is 12.5. The molecule has 1 saturated carbocycles. The number of aryl methyl sites for hydroxylation is 1. The van der Waals surface area contributed by atoms with Crippen molar-refractivity contribution in [3.05, 3.63) is 71.8 Å². The first kappa shape index (κ1) is 21.5. The van der Waals surface area contributed by atoms with Crippen LogP contribution < -0.4 is 10.0 Å². The smallest absolute Gasteiger partial charge is 0.240 e. The van der Waals surface area contributed by atoms with Gasteiger partial charge in [0.15, 0.2) is 0 Å². The number of benzene rings is 2. The Morgan fingerprint density at radius 3 is 2.26 bits per heavy atom. The molecular weight excluding hydrogens is 408 g/mol. The van der Waals surface area contributed by atoms with Gasteiger partial charge < -0.3 is 5.32 Å². The lowest BCUT2D eigenvalue weighted by Gasteiger charge is -2.13. The molecule has 0 spiro atoms. The SMILES string of the molecule is Cc1ccc(-c2ccc(NCCc3ccc(S(=O)(=O)NC4CCCC4)cc3)nn2)cc1. The van der Waals surface area contributed by atoms with Gasteiger partial charge in [-0.1, -0.05) is 54.8 Å². The molecule has 7 heteroatoms. The molecule has 1 fully saturated rings. The highest BCUT2D eigenvalue weighted by Crippen LogP contribution is 2.21. The first-order valence-corrected chi connectivity index (χ1v) is 12.2. The molecule has 6 nitrogen and oxygen atoms in total. The first-order valence-electron chi connectivity index (χ1n) is 10.8. The third kappa shape index (κ3) is 5.68. The van der Waals surface area contributed by atoms with Crippen LogP contribution >= 0.6 is 0 Å². The first-order chi connectivity index (χ1) is 15.0. The van der Waals surface area contributed by atoms with Gasteiger partial charge in [0.25, 0.3) is 0 Å². The number of sulfonamides is 1. The largest absolute Gasteiger partial charge is 0.368 e. The number of nitrogens with one attached hydrogen (secondary N) is 2. The van der Waals surface area contributed by atoms with E-state index in [1.165, 1.54) is 5.56 Å².